The SMILES string of the molecule is CN(c1nc2ccccn2c(=O)c1[N+](=O)[O-])C1CC2CCC(C1)N2Cc1ccccc1. The van der Waals surface area contributed by atoms with Gasteiger partial charge in [0.05, 0.1) is 4.92 Å². The largest absolute Gasteiger partial charge is 0.376 e. The molecular weight excluding hydrogens is 394 g/mol. The number of hydrogen-bond acceptors (Lipinski definition) is 6. The number of nitrogens with zero attached hydrogens (tertiary/aromatic N) is 5. The summed E-state index contributed by atoms with van der Waals surface area (Å²) in [6.45, 7) is 0.933. The molecule has 0 radical (unpaired) electrons. The van der Waals surface area contributed by atoms with Gasteiger partial charge < -0.3 is 4.90 Å². The summed E-state index contributed by atoms with van der Waals surface area (Å²) in [5.41, 5.74) is 0.641. The summed E-state index contributed by atoms with van der Waals surface area (Å²) in [7, 11) is 1.84. The van der Waals surface area contributed by atoms with Gasteiger partial charge in [-0.2, -0.15) is 0 Å². The second kappa shape index (κ2) is 7.77. The van der Waals surface area contributed by atoms with Gasteiger partial charge in [0, 0.05) is 37.9 Å². The quantitative estimate of drug-likeness (QED) is 0.466. The van der Waals surface area contributed by atoms with Gasteiger partial charge in [-0.05, 0) is 43.4 Å². The molecule has 4 heterocycles. The van der Waals surface area contributed by atoms with Crippen molar-refractivity contribution < 1.29 is 4.92 Å². The van der Waals surface area contributed by atoms with E-state index < -0.39 is 16.2 Å². The maximum absolute atomic E-state index is 12.8. The van der Waals surface area contributed by atoms with Crippen LogP contribution in [0.15, 0.2) is 59.5 Å². The third-order valence-electron chi connectivity index (χ3n) is 6.82. The van der Waals surface area contributed by atoms with E-state index in [1.807, 2.05) is 18.0 Å². The van der Waals surface area contributed by atoms with Gasteiger partial charge in [0.2, 0.25) is 5.82 Å². The van der Waals surface area contributed by atoms with Gasteiger partial charge in [0.25, 0.3) is 0 Å². The van der Waals surface area contributed by atoms with E-state index >= 15 is 0 Å². The van der Waals surface area contributed by atoms with Crippen molar-refractivity contribution in [2.45, 2.75) is 50.4 Å². The Morgan fingerprint density at radius 2 is 1.77 bits per heavy atom. The number of aromatic nitrogens is 2. The van der Waals surface area contributed by atoms with Gasteiger partial charge in [-0.15, -0.1) is 0 Å². The van der Waals surface area contributed by atoms with E-state index in [4.69, 9.17) is 0 Å². The summed E-state index contributed by atoms with van der Waals surface area (Å²) in [5.74, 6) is 0.169. The van der Waals surface area contributed by atoms with Crippen LogP contribution >= 0.6 is 0 Å². The smallest absolute Gasteiger partial charge is 0.351 e. The molecule has 3 aromatic rings. The van der Waals surface area contributed by atoms with Gasteiger partial charge >= 0.3 is 11.2 Å². The molecule has 0 saturated carbocycles. The minimum Gasteiger partial charge on any atom is -0.351 e. The standard InChI is InChI=1S/C23H25N5O3/c1-25(22-21(28(30)31)23(29)26-12-6-5-9-20(26)24-22)19-13-17-10-11-18(14-19)27(17)15-16-7-3-2-4-8-16/h2-9,12,17-19H,10-11,13-15H2,1H3. The molecule has 1 aromatic carbocycles. The Labute approximate surface area is 179 Å². The Balaban J connectivity index is 1.44. The van der Waals surface area contributed by atoms with Crippen LogP contribution in [0.2, 0.25) is 0 Å². The van der Waals surface area contributed by atoms with Crippen LogP contribution in [0.3, 0.4) is 0 Å². The Morgan fingerprint density at radius 1 is 1.10 bits per heavy atom. The van der Waals surface area contributed by atoms with Crippen LogP contribution in [0.25, 0.3) is 5.65 Å². The lowest BCUT2D eigenvalue weighted by molar-refractivity contribution is -0.385. The van der Waals surface area contributed by atoms with Crippen LogP contribution in [0.1, 0.15) is 31.2 Å². The van der Waals surface area contributed by atoms with Crippen LogP contribution in [0, 0.1) is 10.1 Å². The van der Waals surface area contributed by atoms with Crippen molar-refractivity contribution in [3.8, 4) is 0 Å². The molecule has 2 aliphatic rings. The zero-order valence-corrected chi connectivity index (χ0v) is 17.4. The third-order valence-corrected chi connectivity index (χ3v) is 6.82. The Bertz CT molecular complexity index is 1160. The zero-order chi connectivity index (χ0) is 21.5. The monoisotopic (exact) mass is 419 g/mol. The molecule has 0 spiro atoms. The van der Waals surface area contributed by atoms with Gasteiger partial charge in [-0.3, -0.25) is 24.2 Å². The second-order valence-corrected chi connectivity index (χ2v) is 8.55. The van der Waals surface area contributed by atoms with E-state index in [0.29, 0.717) is 17.7 Å². The lowest BCUT2D eigenvalue weighted by Gasteiger charge is -2.42. The number of hydrogen-bond donors (Lipinski definition) is 0. The van der Waals surface area contributed by atoms with Crippen molar-refractivity contribution in [3.05, 3.63) is 80.8 Å². The highest BCUT2D eigenvalue weighted by Crippen LogP contribution is 2.40. The maximum Gasteiger partial charge on any atom is 0.376 e. The first-order valence-corrected chi connectivity index (χ1v) is 10.7. The molecule has 160 valence electrons. The molecule has 5 rings (SSSR count). The minimum absolute atomic E-state index is 0.112. The van der Waals surface area contributed by atoms with Crippen LogP contribution in [0.5, 0.6) is 0 Å². The van der Waals surface area contributed by atoms with Gasteiger partial charge in [0.15, 0.2) is 0 Å². The molecule has 0 N–H and O–H groups in total. The van der Waals surface area contributed by atoms with E-state index in [1.165, 1.54) is 16.2 Å². The van der Waals surface area contributed by atoms with Crippen molar-refractivity contribution >= 4 is 17.2 Å². The number of fused-ring (bicyclic) bond motifs is 3. The predicted octanol–water partition coefficient (Wildman–Crippen LogP) is 3.23. The lowest BCUT2D eigenvalue weighted by atomic mass is 9.95. The van der Waals surface area contributed by atoms with Crippen LogP contribution in [-0.2, 0) is 6.54 Å². The number of nitro groups is 1. The van der Waals surface area contributed by atoms with Crippen molar-refractivity contribution in [1.29, 1.82) is 0 Å². The molecule has 2 aromatic heterocycles. The summed E-state index contributed by atoms with van der Waals surface area (Å²) in [6.07, 6.45) is 5.61. The van der Waals surface area contributed by atoms with Gasteiger partial charge in [-0.1, -0.05) is 36.4 Å². The van der Waals surface area contributed by atoms with E-state index in [1.54, 1.807) is 18.2 Å². The fourth-order valence-corrected chi connectivity index (χ4v) is 5.26. The molecule has 31 heavy (non-hydrogen) atoms. The molecule has 0 amide bonds. The molecule has 0 aliphatic carbocycles. The summed E-state index contributed by atoms with van der Waals surface area (Å²) < 4.78 is 1.24. The highest BCUT2D eigenvalue weighted by atomic mass is 16.6. The number of piperidine rings is 1. The molecule has 2 unspecified atom stereocenters. The highest BCUT2D eigenvalue weighted by Gasteiger charge is 2.43. The molecule has 8 heteroatoms. The van der Waals surface area contributed by atoms with Crippen molar-refractivity contribution in [2.24, 2.45) is 0 Å². The molecule has 2 saturated heterocycles. The number of anilines is 1. The molecular formula is C23H25N5O3. The van der Waals surface area contributed by atoms with Gasteiger partial charge in [0.1, 0.15) is 5.65 Å². The molecule has 2 aliphatic heterocycles. The van der Waals surface area contributed by atoms with E-state index in [-0.39, 0.29) is 11.9 Å². The Kier molecular flexibility index (Phi) is 4.94. The van der Waals surface area contributed by atoms with Gasteiger partial charge in [-0.25, -0.2) is 4.98 Å². The van der Waals surface area contributed by atoms with Crippen molar-refractivity contribution in [1.82, 2.24) is 14.3 Å². The van der Waals surface area contributed by atoms with Crippen LogP contribution in [-0.4, -0.2) is 44.4 Å². The fraction of sp³-hybridized carbons (Fsp3) is 0.391. The first-order valence-electron chi connectivity index (χ1n) is 10.7. The summed E-state index contributed by atoms with van der Waals surface area (Å²) in [4.78, 5) is 33.0. The molecule has 2 bridgehead atoms. The van der Waals surface area contributed by atoms with Crippen LogP contribution in [0.4, 0.5) is 11.5 Å². The number of rotatable bonds is 5. The summed E-state index contributed by atoms with van der Waals surface area (Å²) >= 11 is 0. The van der Waals surface area contributed by atoms with E-state index in [2.05, 4.69) is 34.1 Å². The topological polar surface area (TPSA) is 84.0 Å². The normalized spacial score (nSPS) is 23.2. The van der Waals surface area contributed by atoms with Crippen molar-refractivity contribution in [2.75, 3.05) is 11.9 Å². The predicted molar refractivity (Wildman–Crippen MR) is 118 cm³/mol. The second-order valence-electron chi connectivity index (χ2n) is 8.55. The zero-order valence-electron chi connectivity index (χ0n) is 17.4. The Hall–Kier alpha value is -3.26. The molecule has 8 nitrogen and oxygen atoms in total. The number of benzene rings is 1. The summed E-state index contributed by atoms with van der Waals surface area (Å²) in [5, 5.41) is 11.8. The molecule has 2 atom stereocenters. The highest BCUT2D eigenvalue weighted by molar-refractivity contribution is 5.61. The maximum atomic E-state index is 12.8. The average molecular weight is 419 g/mol. The number of pyridine rings is 1. The average Bonchev–Trinajstić information content (AvgIpc) is 3.00. The fourth-order valence-electron chi connectivity index (χ4n) is 5.26. The Morgan fingerprint density at radius 3 is 2.45 bits per heavy atom. The third kappa shape index (κ3) is 3.46. The van der Waals surface area contributed by atoms with E-state index in [9.17, 15) is 14.9 Å². The van der Waals surface area contributed by atoms with Crippen LogP contribution < -0.4 is 10.5 Å². The van der Waals surface area contributed by atoms with Crippen molar-refractivity contribution in [3.63, 3.8) is 0 Å². The first-order chi connectivity index (χ1) is 15.0. The minimum atomic E-state index is -0.637. The first kappa shape index (κ1) is 19.7. The summed E-state index contributed by atoms with van der Waals surface area (Å²) in [6, 6.07) is 16.6. The lowest BCUT2D eigenvalue weighted by Crippen LogP contribution is -2.49. The van der Waals surface area contributed by atoms with E-state index in [0.717, 1.165) is 32.2 Å². The molecule has 2 fully saturated rings.